The van der Waals surface area contributed by atoms with Gasteiger partial charge in [0.15, 0.2) is 5.78 Å². The first-order valence-electron chi connectivity index (χ1n) is 14.7. The Morgan fingerprint density at radius 2 is 1.44 bits per heavy atom. The normalized spacial score (nSPS) is 20.3. The van der Waals surface area contributed by atoms with Crippen LogP contribution in [0, 0.1) is 0 Å². The molecular weight excluding hydrogens is 550 g/mol. The van der Waals surface area contributed by atoms with E-state index in [-0.39, 0.29) is 31.1 Å². The van der Waals surface area contributed by atoms with E-state index in [2.05, 4.69) is 16.0 Å². The lowest BCUT2D eigenvalue weighted by atomic mass is 9.94. The smallest absolute Gasteiger partial charge is 0.243 e. The first kappa shape index (κ1) is 32.1. The molecule has 2 aromatic carbocycles. The van der Waals surface area contributed by atoms with Crippen molar-refractivity contribution in [3.63, 3.8) is 0 Å². The second-order valence-electron chi connectivity index (χ2n) is 11.6. The van der Waals surface area contributed by atoms with E-state index in [1.54, 1.807) is 13.8 Å². The molecule has 2 aliphatic heterocycles. The van der Waals surface area contributed by atoms with Crippen LogP contribution in [0.25, 0.3) is 0 Å². The minimum atomic E-state index is -0.990. The molecule has 11 heteroatoms. The summed E-state index contributed by atoms with van der Waals surface area (Å²) in [4.78, 5) is 57.0. The van der Waals surface area contributed by atoms with E-state index in [0.29, 0.717) is 32.9 Å². The minimum Gasteiger partial charge on any atom is -0.379 e. The number of carbonyl (C=O) groups excluding carboxylic acids is 4. The molecule has 0 saturated carbocycles. The SMILES string of the molecule is CC(NC(=O)CN1CCOCC1)C(=O)NC(Cc1ccc(N(C)C)cc1)C(=O)NC(Cc1ccccc1)C(=O)C1(C)CO1. The Morgan fingerprint density at radius 1 is 0.860 bits per heavy atom. The van der Waals surface area contributed by atoms with E-state index in [1.165, 1.54) is 0 Å². The highest BCUT2D eigenvalue weighted by Gasteiger charge is 2.50. The molecule has 0 bridgehead atoms. The van der Waals surface area contributed by atoms with E-state index in [0.717, 1.165) is 16.8 Å². The zero-order chi connectivity index (χ0) is 31.0. The Bertz CT molecular complexity index is 1260. The third-order valence-corrected chi connectivity index (χ3v) is 7.78. The molecule has 0 spiro atoms. The van der Waals surface area contributed by atoms with Crippen molar-refractivity contribution in [3.05, 3.63) is 65.7 Å². The fourth-order valence-corrected chi connectivity index (χ4v) is 4.94. The molecule has 4 atom stereocenters. The summed E-state index contributed by atoms with van der Waals surface area (Å²) >= 11 is 0. The summed E-state index contributed by atoms with van der Waals surface area (Å²) in [5.41, 5.74) is 1.78. The van der Waals surface area contributed by atoms with Crippen molar-refractivity contribution in [1.82, 2.24) is 20.9 Å². The van der Waals surface area contributed by atoms with Crippen LogP contribution < -0.4 is 20.9 Å². The number of benzene rings is 2. The van der Waals surface area contributed by atoms with Crippen LogP contribution in [-0.4, -0.2) is 106 Å². The molecule has 3 N–H and O–H groups in total. The Labute approximate surface area is 253 Å². The number of ether oxygens (including phenoxy) is 2. The predicted molar refractivity (Wildman–Crippen MR) is 163 cm³/mol. The first-order chi connectivity index (χ1) is 20.5. The molecule has 4 unspecified atom stereocenters. The molecule has 2 aliphatic rings. The highest BCUT2D eigenvalue weighted by atomic mass is 16.6. The maximum atomic E-state index is 13.8. The number of amides is 3. The molecule has 2 heterocycles. The van der Waals surface area contributed by atoms with Crippen LogP contribution in [0.4, 0.5) is 5.69 Å². The molecule has 43 heavy (non-hydrogen) atoms. The third-order valence-electron chi connectivity index (χ3n) is 7.78. The second-order valence-corrected chi connectivity index (χ2v) is 11.6. The first-order valence-corrected chi connectivity index (χ1v) is 14.7. The van der Waals surface area contributed by atoms with Gasteiger partial charge in [0.2, 0.25) is 17.7 Å². The van der Waals surface area contributed by atoms with Gasteiger partial charge in [0.05, 0.1) is 32.4 Å². The largest absolute Gasteiger partial charge is 0.379 e. The molecule has 2 saturated heterocycles. The summed E-state index contributed by atoms with van der Waals surface area (Å²) in [5.74, 6) is -1.48. The van der Waals surface area contributed by atoms with Crippen molar-refractivity contribution in [1.29, 1.82) is 0 Å². The highest BCUT2D eigenvalue weighted by molar-refractivity contribution is 5.98. The zero-order valence-electron chi connectivity index (χ0n) is 25.4. The Kier molecular flexibility index (Phi) is 10.9. The molecule has 4 rings (SSSR count). The lowest BCUT2D eigenvalue weighted by Gasteiger charge is -2.27. The monoisotopic (exact) mass is 593 g/mol. The third kappa shape index (κ3) is 9.34. The summed E-state index contributed by atoms with van der Waals surface area (Å²) in [6.45, 7) is 6.18. The lowest BCUT2D eigenvalue weighted by Crippen LogP contribution is -2.57. The van der Waals surface area contributed by atoms with Crippen molar-refractivity contribution < 1.29 is 28.7 Å². The standard InChI is InChI=1S/C32H43N5O6/c1-22(33-28(38)20-37-14-16-42-17-15-37)30(40)35-27(19-24-10-12-25(13-11-24)36(3)4)31(41)34-26(29(39)32(2)21-43-32)18-23-8-6-5-7-9-23/h5-13,22,26-27H,14-21H2,1-4H3,(H,33,38)(H,34,41)(H,35,40). The summed E-state index contributed by atoms with van der Waals surface area (Å²) in [5, 5.41) is 8.46. The van der Waals surface area contributed by atoms with Crippen LogP contribution >= 0.6 is 0 Å². The van der Waals surface area contributed by atoms with Gasteiger partial charge in [-0.05, 0) is 43.5 Å². The fraction of sp³-hybridized carbons (Fsp3) is 0.500. The van der Waals surface area contributed by atoms with Gasteiger partial charge in [0.1, 0.15) is 17.7 Å². The van der Waals surface area contributed by atoms with Crippen molar-refractivity contribution in [3.8, 4) is 0 Å². The number of rotatable bonds is 14. The van der Waals surface area contributed by atoms with Crippen LogP contribution in [-0.2, 0) is 41.5 Å². The van der Waals surface area contributed by atoms with Gasteiger partial charge in [-0.1, -0.05) is 42.5 Å². The molecule has 232 valence electrons. The van der Waals surface area contributed by atoms with Crippen molar-refractivity contribution in [2.75, 3.05) is 58.5 Å². The van der Waals surface area contributed by atoms with Gasteiger partial charge in [-0.2, -0.15) is 0 Å². The number of hydrogen-bond donors (Lipinski definition) is 3. The van der Waals surface area contributed by atoms with Gasteiger partial charge in [-0.15, -0.1) is 0 Å². The summed E-state index contributed by atoms with van der Waals surface area (Å²) < 4.78 is 10.7. The number of morpholine rings is 1. The van der Waals surface area contributed by atoms with Gasteiger partial charge < -0.3 is 30.3 Å². The van der Waals surface area contributed by atoms with Crippen molar-refractivity contribution >= 4 is 29.2 Å². The molecule has 0 radical (unpaired) electrons. The van der Waals surface area contributed by atoms with E-state index in [4.69, 9.17) is 9.47 Å². The van der Waals surface area contributed by atoms with Crippen molar-refractivity contribution in [2.45, 2.75) is 50.4 Å². The van der Waals surface area contributed by atoms with Crippen LogP contribution in [0.1, 0.15) is 25.0 Å². The Balaban J connectivity index is 1.47. The van der Waals surface area contributed by atoms with Crippen LogP contribution in [0.2, 0.25) is 0 Å². The quantitative estimate of drug-likeness (QED) is 0.273. The number of Topliss-reactive ketones (excluding diaryl/α,β-unsaturated/α-hetero) is 1. The number of anilines is 1. The minimum absolute atomic E-state index is 0.160. The van der Waals surface area contributed by atoms with Gasteiger partial charge in [-0.3, -0.25) is 24.1 Å². The number of nitrogens with zero attached hydrogens (tertiary/aromatic N) is 2. The fourth-order valence-electron chi connectivity index (χ4n) is 4.94. The molecular formula is C32H43N5O6. The molecule has 0 aliphatic carbocycles. The maximum Gasteiger partial charge on any atom is 0.243 e. The summed E-state index contributed by atoms with van der Waals surface area (Å²) in [6.07, 6.45) is 0.482. The lowest BCUT2D eigenvalue weighted by molar-refractivity contribution is -0.134. The molecule has 2 aromatic rings. The maximum absolute atomic E-state index is 13.8. The van der Waals surface area contributed by atoms with Gasteiger partial charge >= 0.3 is 0 Å². The van der Waals surface area contributed by atoms with Gasteiger partial charge in [0, 0.05) is 39.3 Å². The van der Waals surface area contributed by atoms with Crippen LogP contribution in [0.15, 0.2) is 54.6 Å². The average molecular weight is 594 g/mol. The Hall–Kier alpha value is -3.80. The van der Waals surface area contributed by atoms with E-state index >= 15 is 0 Å². The second kappa shape index (κ2) is 14.6. The van der Waals surface area contributed by atoms with Crippen molar-refractivity contribution in [2.24, 2.45) is 0 Å². The number of ketones is 1. The predicted octanol–water partition coefficient (Wildman–Crippen LogP) is 0.702. The van der Waals surface area contributed by atoms with Gasteiger partial charge in [0.25, 0.3) is 0 Å². The van der Waals surface area contributed by atoms with Crippen LogP contribution in [0.3, 0.4) is 0 Å². The van der Waals surface area contributed by atoms with Gasteiger partial charge in [-0.25, -0.2) is 0 Å². The number of nitrogens with one attached hydrogen (secondary N) is 3. The average Bonchev–Trinajstić information content (AvgIpc) is 3.75. The number of epoxide rings is 1. The molecule has 3 amide bonds. The van der Waals surface area contributed by atoms with E-state index in [1.807, 2.05) is 78.5 Å². The molecule has 2 fully saturated rings. The molecule has 0 aromatic heterocycles. The van der Waals surface area contributed by atoms with E-state index < -0.39 is 35.5 Å². The highest BCUT2D eigenvalue weighted by Crippen LogP contribution is 2.29. The molecule has 11 nitrogen and oxygen atoms in total. The summed E-state index contributed by atoms with van der Waals surface area (Å²) in [7, 11) is 3.88. The van der Waals surface area contributed by atoms with Crippen LogP contribution in [0.5, 0.6) is 0 Å². The number of carbonyl (C=O) groups is 4. The summed E-state index contributed by atoms with van der Waals surface area (Å²) in [6, 6.07) is 14.4. The zero-order valence-corrected chi connectivity index (χ0v) is 25.4. The topological polar surface area (TPSA) is 133 Å². The van der Waals surface area contributed by atoms with E-state index in [9.17, 15) is 19.2 Å². The number of hydrogen-bond acceptors (Lipinski definition) is 8. The Morgan fingerprint density at radius 3 is 2.05 bits per heavy atom.